The van der Waals surface area contributed by atoms with E-state index >= 15 is 0 Å². The number of hydrogen-bond donors (Lipinski definition) is 1. The highest BCUT2D eigenvalue weighted by molar-refractivity contribution is 5.31. The van der Waals surface area contributed by atoms with E-state index in [1.807, 2.05) is 37.3 Å². The molecule has 0 aromatic heterocycles. The van der Waals surface area contributed by atoms with Crippen molar-refractivity contribution in [2.75, 3.05) is 33.5 Å². The molecule has 0 spiro atoms. The van der Waals surface area contributed by atoms with E-state index in [1.165, 1.54) is 0 Å². The van der Waals surface area contributed by atoms with Gasteiger partial charge in [-0.05, 0) is 19.5 Å². The van der Waals surface area contributed by atoms with Gasteiger partial charge in [-0.25, -0.2) is 0 Å². The Labute approximate surface area is 109 Å². The van der Waals surface area contributed by atoms with Crippen LogP contribution in [0.15, 0.2) is 30.3 Å². The highest BCUT2D eigenvalue weighted by Gasteiger charge is 2.30. The van der Waals surface area contributed by atoms with Crippen molar-refractivity contribution in [3.05, 3.63) is 35.9 Å². The number of ether oxygens (including phenoxy) is 2. The fraction of sp³-hybridized carbons (Fsp3) is 0.500. The zero-order valence-corrected chi connectivity index (χ0v) is 11.0. The van der Waals surface area contributed by atoms with Crippen LogP contribution in [0.1, 0.15) is 12.5 Å². The van der Waals surface area contributed by atoms with Crippen LogP contribution in [0.25, 0.3) is 0 Å². The maximum atomic E-state index is 9.41. The number of benzene rings is 1. The molecule has 1 rings (SSSR count). The lowest BCUT2D eigenvalue weighted by atomic mass is 9.92. The first-order valence-corrected chi connectivity index (χ1v) is 6.10. The first kappa shape index (κ1) is 14.7. The van der Waals surface area contributed by atoms with E-state index < -0.39 is 5.54 Å². The molecule has 0 bridgehead atoms. The van der Waals surface area contributed by atoms with Crippen LogP contribution in [0.3, 0.4) is 0 Å². The number of rotatable bonds is 8. The highest BCUT2D eigenvalue weighted by Crippen LogP contribution is 2.20. The summed E-state index contributed by atoms with van der Waals surface area (Å²) in [5.74, 6) is 0. The van der Waals surface area contributed by atoms with Crippen LogP contribution in [0.4, 0.5) is 0 Å². The first-order chi connectivity index (χ1) is 8.79. The standard InChI is InChI=1S/C14H20N2O2/c1-3-17-9-10-18-12-14(11-15,16-2)13-7-5-4-6-8-13/h4-8,16H,3,9-10,12H2,1-2H3. The Morgan fingerprint density at radius 1 is 1.22 bits per heavy atom. The van der Waals surface area contributed by atoms with E-state index in [1.54, 1.807) is 7.05 Å². The third-order valence-corrected chi connectivity index (χ3v) is 2.78. The number of likely N-dealkylation sites (N-methyl/N-ethyl adjacent to an activating group) is 1. The summed E-state index contributed by atoms with van der Waals surface area (Å²) < 4.78 is 10.7. The van der Waals surface area contributed by atoms with E-state index in [-0.39, 0.29) is 0 Å². The molecule has 98 valence electrons. The minimum Gasteiger partial charge on any atom is -0.379 e. The van der Waals surface area contributed by atoms with Gasteiger partial charge in [-0.15, -0.1) is 0 Å². The summed E-state index contributed by atoms with van der Waals surface area (Å²) in [7, 11) is 1.77. The average Bonchev–Trinajstić information content (AvgIpc) is 2.44. The van der Waals surface area contributed by atoms with Crippen molar-refractivity contribution in [1.29, 1.82) is 5.26 Å². The predicted octanol–water partition coefficient (Wildman–Crippen LogP) is 1.68. The molecule has 0 aliphatic rings. The second kappa shape index (κ2) is 7.83. The van der Waals surface area contributed by atoms with Crippen molar-refractivity contribution in [2.24, 2.45) is 0 Å². The minimum absolute atomic E-state index is 0.303. The molecule has 18 heavy (non-hydrogen) atoms. The fourth-order valence-electron chi connectivity index (χ4n) is 1.66. The zero-order valence-electron chi connectivity index (χ0n) is 11.0. The van der Waals surface area contributed by atoms with Crippen molar-refractivity contribution in [2.45, 2.75) is 12.5 Å². The van der Waals surface area contributed by atoms with Gasteiger partial charge in [-0.3, -0.25) is 5.32 Å². The van der Waals surface area contributed by atoms with Gasteiger partial charge >= 0.3 is 0 Å². The molecular formula is C14H20N2O2. The van der Waals surface area contributed by atoms with Crippen LogP contribution in [0.2, 0.25) is 0 Å². The van der Waals surface area contributed by atoms with Crippen molar-refractivity contribution >= 4 is 0 Å². The van der Waals surface area contributed by atoms with Crippen molar-refractivity contribution in [3.8, 4) is 6.07 Å². The highest BCUT2D eigenvalue weighted by atomic mass is 16.5. The summed E-state index contributed by atoms with van der Waals surface area (Å²) in [5, 5.41) is 12.5. The largest absolute Gasteiger partial charge is 0.379 e. The number of hydrogen-bond acceptors (Lipinski definition) is 4. The van der Waals surface area contributed by atoms with Gasteiger partial charge in [0.1, 0.15) is 0 Å². The zero-order chi connectivity index (χ0) is 13.3. The third-order valence-electron chi connectivity index (χ3n) is 2.78. The summed E-state index contributed by atoms with van der Waals surface area (Å²) >= 11 is 0. The Balaban J connectivity index is 2.62. The van der Waals surface area contributed by atoms with E-state index in [9.17, 15) is 5.26 Å². The Bertz CT molecular complexity index is 375. The molecule has 1 unspecified atom stereocenters. The van der Waals surface area contributed by atoms with Crippen LogP contribution in [0.5, 0.6) is 0 Å². The van der Waals surface area contributed by atoms with Gasteiger partial charge in [-0.1, -0.05) is 30.3 Å². The topological polar surface area (TPSA) is 54.3 Å². The summed E-state index contributed by atoms with van der Waals surface area (Å²) in [6.07, 6.45) is 0. The maximum absolute atomic E-state index is 9.41. The lowest BCUT2D eigenvalue weighted by Crippen LogP contribution is -2.43. The Hall–Kier alpha value is -1.41. The summed E-state index contributed by atoms with van der Waals surface area (Å²) in [4.78, 5) is 0. The van der Waals surface area contributed by atoms with Crippen LogP contribution in [-0.2, 0) is 15.0 Å². The Morgan fingerprint density at radius 2 is 1.89 bits per heavy atom. The van der Waals surface area contributed by atoms with Gasteiger partial charge < -0.3 is 9.47 Å². The number of nitrogens with zero attached hydrogens (tertiary/aromatic N) is 1. The normalized spacial score (nSPS) is 13.8. The van der Waals surface area contributed by atoms with Gasteiger partial charge in [0.2, 0.25) is 0 Å². The second-order valence-corrected chi connectivity index (χ2v) is 3.88. The molecule has 1 aromatic carbocycles. The molecule has 0 saturated heterocycles. The summed E-state index contributed by atoms with van der Waals surface area (Å²) in [6, 6.07) is 11.9. The van der Waals surface area contributed by atoms with E-state index in [2.05, 4.69) is 11.4 Å². The van der Waals surface area contributed by atoms with Crippen LogP contribution >= 0.6 is 0 Å². The van der Waals surface area contributed by atoms with Crippen LogP contribution in [-0.4, -0.2) is 33.5 Å². The molecule has 1 aromatic rings. The van der Waals surface area contributed by atoms with Crippen LogP contribution < -0.4 is 5.32 Å². The quantitative estimate of drug-likeness (QED) is 0.711. The molecule has 4 nitrogen and oxygen atoms in total. The SMILES string of the molecule is CCOCCOCC(C#N)(NC)c1ccccc1. The molecule has 0 heterocycles. The van der Waals surface area contributed by atoms with E-state index in [4.69, 9.17) is 9.47 Å². The van der Waals surface area contributed by atoms with Crippen LogP contribution in [0, 0.1) is 11.3 Å². The lowest BCUT2D eigenvalue weighted by molar-refractivity contribution is 0.0337. The van der Waals surface area contributed by atoms with E-state index in [0.717, 1.165) is 5.56 Å². The molecule has 0 amide bonds. The third kappa shape index (κ3) is 3.81. The molecular weight excluding hydrogens is 228 g/mol. The Morgan fingerprint density at radius 3 is 2.44 bits per heavy atom. The fourth-order valence-corrected chi connectivity index (χ4v) is 1.66. The molecule has 0 aliphatic carbocycles. The maximum Gasteiger partial charge on any atom is 0.155 e. The van der Waals surface area contributed by atoms with Gasteiger partial charge in [-0.2, -0.15) is 5.26 Å². The van der Waals surface area contributed by atoms with Crippen molar-refractivity contribution in [3.63, 3.8) is 0 Å². The monoisotopic (exact) mass is 248 g/mol. The molecule has 4 heteroatoms. The number of nitriles is 1. The number of nitrogens with one attached hydrogen (secondary N) is 1. The summed E-state index contributed by atoms with van der Waals surface area (Å²) in [5.41, 5.74) is 0.111. The lowest BCUT2D eigenvalue weighted by Gasteiger charge is -2.26. The molecule has 0 radical (unpaired) electrons. The van der Waals surface area contributed by atoms with Gasteiger partial charge in [0, 0.05) is 6.61 Å². The van der Waals surface area contributed by atoms with E-state index in [0.29, 0.717) is 26.4 Å². The van der Waals surface area contributed by atoms with Crippen molar-refractivity contribution < 1.29 is 9.47 Å². The minimum atomic E-state index is -0.798. The molecule has 1 N–H and O–H groups in total. The smallest absolute Gasteiger partial charge is 0.155 e. The predicted molar refractivity (Wildman–Crippen MR) is 70.1 cm³/mol. The first-order valence-electron chi connectivity index (χ1n) is 6.10. The second-order valence-electron chi connectivity index (χ2n) is 3.88. The summed E-state index contributed by atoms with van der Waals surface area (Å²) in [6.45, 7) is 3.97. The van der Waals surface area contributed by atoms with Gasteiger partial charge in [0.25, 0.3) is 0 Å². The Kier molecular flexibility index (Phi) is 6.37. The molecule has 0 aliphatic heterocycles. The molecule has 1 atom stereocenters. The van der Waals surface area contributed by atoms with Gasteiger partial charge in [0.15, 0.2) is 5.54 Å². The molecule has 0 fully saturated rings. The average molecular weight is 248 g/mol. The van der Waals surface area contributed by atoms with Gasteiger partial charge in [0.05, 0.1) is 25.9 Å². The van der Waals surface area contributed by atoms with Crippen molar-refractivity contribution in [1.82, 2.24) is 5.32 Å². The molecule has 0 saturated carbocycles.